The quantitative estimate of drug-likeness (QED) is 0.701. The highest BCUT2D eigenvalue weighted by atomic mass is 16.5. The maximum atomic E-state index is 12.5. The summed E-state index contributed by atoms with van der Waals surface area (Å²) < 4.78 is 5.46. The minimum absolute atomic E-state index is 0.210. The summed E-state index contributed by atoms with van der Waals surface area (Å²) in [6, 6.07) is 0. The van der Waals surface area contributed by atoms with Crippen LogP contribution in [0.3, 0.4) is 0 Å². The summed E-state index contributed by atoms with van der Waals surface area (Å²) >= 11 is 0. The van der Waals surface area contributed by atoms with Crippen molar-refractivity contribution in [3.63, 3.8) is 0 Å². The number of carbonyl (C=O) groups excluding carboxylic acids is 1. The molecule has 94 valence electrons. The highest BCUT2D eigenvalue weighted by Crippen LogP contribution is 2.48. The molecule has 0 spiro atoms. The van der Waals surface area contributed by atoms with Crippen LogP contribution in [0.5, 0.6) is 0 Å². The number of carbonyl (C=O) groups is 1. The first-order chi connectivity index (χ1) is 8.18. The summed E-state index contributed by atoms with van der Waals surface area (Å²) in [4.78, 5) is 12.5. The van der Waals surface area contributed by atoms with E-state index in [-0.39, 0.29) is 23.2 Å². The van der Waals surface area contributed by atoms with Crippen LogP contribution < -0.4 is 0 Å². The van der Waals surface area contributed by atoms with E-state index < -0.39 is 0 Å². The second kappa shape index (κ2) is 4.77. The third-order valence-electron chi connectivity index (χ3n) is 4.63. The van der Waals surface area contributed by atoms with Crippen molar-refractivity contribution in [2.75, 3.05) is 7.11 Å². The summed E-state index contributed by atoms with van der Waals surface area (Å²) in [5.74, 6) is 0.976. The maximum Gasteiger partial charge on any atom is 0.166 e. The van der Waals surface area contributed by atoms with Crippen LogP contribution in [-0.4, -0.2) is 19.0 Å². The van der Waals surface area contributed by atoms with Gasteiger partial charge in [0.1, 0.15) is 6.10 Å². The molecular formula is C15H22O2. The number of rotatable bonds is 3. The fourth-order valence-electron chi connectivity index (χ4n) is 3.65. The molecule has 17 heavy (non-hydrogen) atoms. The standard InChI is InChI=1S/C15H22O2/c1-4-15(5-2)10-11-8-6-7-9-12(11)13(16)14(15)17-3/h4-5,11-12,14H,1-2,6-10H2,3H3/t11-,12+,14-/m1/s1. The van der Waals surface area contributed by atoms with Crippen LogP contribution >= 0.6 is 0 Å². The maximum absolute atomic E-state index is 12.5. The SMILES string of the molecule is C=CC1(C=C)C[C@H]2CCCC[C@@H]2C(=O)[C@H]1OC. The predicted molar refractivity (Wildman–Crippen MR) is 68.7 cm³/mol. The Morgan fingerprint density at radius 3 is 2.53 bits per heavy atom. The van der Waals surface area contributed by atoms with Gasteiger partial charge < -0.3 is 4.74 Å². The Bertz CT molecular complexity index is 324. The van der Waals surface area contributed by atoms with Gasteiger partial charge in [0.2, 0.25) is 0 Å². The molecule has 2 fully saturated rings. The number of methoxy groups -OCH3 is 1. The van der Waals surface area contributed by atoms with E-state index in [2.05, 4.69) is 13.2 Å². The van der Waals surface area contributed by atoms with E-state index >= 15 is 0 Å². The van der Waals surface area contributed by atoms with Crippen LogP contribution in [0.25, 0.3) is 0 Å². The van der Waals surface area contributed by atoms with E-state index in [1.807, 2.05) is 12.2 Å². The van der Waals surface area contributed by atoms with Gasteiger partial charge in [-0.3, -0.25) is 4.79 Å². The van der Waals surface area contributed by atoms with E-state index in [1.54, 1.807) is 7.11 Å². The molecule has 2 heteroatoms. The molecule has 2 rings (SSSR count). The van der Waals surface area contributed by atoms with E-state index in [0.717, 1.165) is 19.3 Å². The average Bonchev–Trinajstić information content (AvgIpc) is 2.38. The lowest BCUT2D eigenvalue weighted by Crippen LogP contribution is -2.51. The van der Waals surface area contributed by atoms with Gasteiger partial charge in [-0.05, 0) is 25.2 Å². The predicted octanol–water partition coefficient (Wildman–Crippen LogP) is 3.14. The average molecular weight is 234 g/mol. The highest BCUT2D eigenvalue weighted by molar-refractivity contribution is 5.88. The van der Waals surface area contributed by atoms with Crippen molar-refractivity contribution in [1.29, 1.82) is 0 Å². The molecular weight excluding hydrogens is 212 g/mol. The second-order valence-corrected chi connectivity index (χ2v) is 5.39. The lowest BCUT2D eigenvalue weighted by atomic mass is 9.59. The van der Waals surface area contributed by atoms with Crippen molar-refractivity contribution < 1.29 is 9.53 Å². The third-order valence-corrected chi connectivity index (χ3v) is 4.63. The number of Topliss-reactive ketones (excluding diaryl/α,β-unsaturated/α-hetero) is 1. The first kappa shape index (κ1) is 12.6. The molecule has 0 amide bonds. The number of hydrogen-bond donors (Lipinski definition) is 0. The molecule has 0 heterocycles. The molecule has 0 unspecified atom stereocenters. The van der Waals surface area contributed by atoms with Gasteiger partial charge in [-0.2, -0.15) is 0 Å². The Kier molecular flexibility index (Phi) is 3.53. The van der Waals surface area contributed by atoms with Crippen molar-refractivity contribution in [2.24, 2.45) is 17.3 Å². The molecule has 0 N–H and O–H groups in total. The molecule has 0 radical (unpaired) electrons. The molecule has 0 bridgehead atoms. The van der Waals surface area contributed by atoms with Gasteiger partial charge in [-0.15, -0.1) is 13.2 Å². The Hall–Kier alpha value is -0.890. The van der Waals surface area contributed by atoms with E-state index in [9.17, 15) is 4.79 Å². The topological polar surface area (TPSA) is 26.3 Å². The summed E-state index contributed by atoms with van der Waals surface area (Å²) in [5, 5.41) is 0. The second-order valence-electron chi connectivity index (χ2n) is 5.39. The molecule has 2 saturated carbocycles. The van der Waals surface area contributed by atoms with Crippen LogP contribution in [0.1, 0.15) is 32.1 Å². The van der Waals surface area contributed by atoms with Crippen molar-refractivity contribution in [2.45, 2.75) is 38.2 Å². The van der Waals surface area contributed by atoms with Crippen LogP contribution in [0, 0.1) is 17.3 Å². The molecule has 0 aliphatic heterocycles. The molecule has 0 aromatic rings. The Balaban J connectivity index is 2.33. The highest BCUT2D eigenvalue weighted by Gasteiger charge is 2.50. The zero-order valence-electron chi connectivity index (χ0n) is 10.7. The van der Waals surface area contributed by atoms with Crippen LogP contribution in [0.2, 0.25) is 0 Å². The summed E-state index contributed by atoms with van der Waals surface area (Å²) in [5.41, 5.74) is -0.357. The zero-order chi connectivity index (χ0) is 12.5. The zero-order valence-corrected chi connectivity index (χ0v) is 10.7. The van der Waals surface area contributed by atoms with Crippen LogP contribution in [0.15, 0.2) is 25.3 Å². The molecule has 0 aromatic heterocycles. The van der Waals surface area contributed by atoms with Gasteiger partial charge in [-0.1, -0.05) is 25.0 Å². The normalized spacial score (nSPS) is 36.1. The number of hydrogen-bond acceptors (Lipinski definition) is 2. The summed E-state index contributed by atoms with van der Waals surface area (Å²) in [6.07, 6.45) is 8.93. The Morgan fingerprint density at radius 2 is 1.94 bits per heavy atom. The molecule has 2 aliphatic rings. The summed E-state index contributed by atoms with van der Waals surface area (Å²) in [6.45, 7) is 7.79. The van der Waals surface area contributed by atoms with Crippen LogP contribution in [-0.2, 0) is 9.53 Å². The molecule has 2 nitrogen and oxygen atoms in total. The van der Waals surface area contributed by atoms with Crippen molar-refractivity contribution in [3.05, 3.63) is 25.3 Å². The smallest absolute Gasteiger partial charge is 0.166 e. The fourth-order valence-corrected chi connectivity index (χ4v) is 3.65. The van der Waals surface area contributed by atoms with Gasteiger partial charge >= 0.3 is 0 Å². The van der Waals surface area contributed by atoms with Gasteiger partial charge in [0.05, 0.1) is 0 Å². The minimum atomic E-state index is -0.378. The lowest BCUT2D eigenvalue weighted by Gasteiger charge is -2.47. The Labute approximate surface area is 104 Å². The molecule has 2 aliphatic carbocycles. The van der Waals surface area contributed by atoms with Crippen molar-refractivity contribution >= 4 is 5.78 Å². The van der Waals surface area contributed by atoms with Crippen molar-refractivity contribution in [1.82, 2.24) is 0 Å². The van der Waals surface area contributed by atoms with Gasteiger partial charge in [0, 0.05) is 18.4 Å². The lowest BCUT2D eigenvalue weighted by molar-refractivity contribution is -0.147. The van der Waals surface area contributed by atoms with Crippen LogP contribution in [0.4, 0.5) is 0 Å². The number of ketones is 1. The van der Waals surface area contributed by atoms with Gasteiger partial charge in [-0.25, -0.2) is 0 Å². The van der Waals surface area contributed by atoms with E-state index in [4.69, 9.17) is 4.74 Å². The molecule has 0 saturated heterocycles. The fraction of sp³-hybridized carbons (Fsp3) is 0.667. The first-order valence-electron chi connectivity index (χ1n) is 6.52. The molecule has 0 aromatic carbocycles. The van der Waals surface area contributed by atoms with E-state index in [1.165, 1.54) is 12.8 Å². The molecule has 3 atom stereocenters. The van der Waals surface area contributed by atoms with E-state index in [0.29, 0.717) is 5.92 Å². The Morgan fingerprint density at radius 1 is 1.29 bits per heavy atom. The first-order valence-corrected chi connectivity index (χ1v) is 6.52. The summed E-state index contributed by atoms with van der Waals surface area (Å²) in [7, 11) is 1.62. The number of ether oxygens (including phenoxy) is 1. The van der Waals surface area contributed by atoms with Crippen molar-refractivity contribution in [3.8, 4) is 0 Å². The number of fused-ring (bicyclic) bond motifs is 1. The monoisotopic (exact) mass is 234 g/mol. The largest absolute Gasteiger partial charge is 0.372 e. The minimum Gasteiger partial charge on any atom is -0.372 e. The van der Waals surface area contributed by atoms with Gasteiger partial charge in [0.15, 0.2) is 5.78 Å². The van der Waals surface area contributed by atoms with Gasteiger partial charge in [0.25, 0.3) is 0 Å². The third kappa shape index (κ3) is 1.89.